The highest BCUT2D eigenvalue weighted by atomic mass is 16.5. The first-order chi connectivity index (χ1) is 17.5. The molecule has 1 aromatic heterocycles. The van der Waals surface area contributed by atoms with Crippen LogP contribution in [0.5, 0.6) is 5.75 Å². The molecule has 0 saturated carbocycles. The van der Waals surface area contributed by atoms with Crippen LogP contribution in [-0.4, -0.2) is 51.9 Å². The van der Waals surface area contributed by atoms with E-state index in [-0.39, 0.29) is 30.4 Å². The molecule has 2 aromatic carbocycles. The molecule has 0 radical (unpaired) electrons. The predicted molar refractivity (Wildman–Crippen MR) is 132 cm³/mol. The SMILES string of the molecule is COc1ccc([C@H]2Cn3nnc(C(=O)N4CCC(C(=O)NCc5cccc(C)c5)CC4)c3CO2)cc1. The number of aryl methyl sites for hydroxylation is 1. The van der Waals surface area contributed by atoms with E-state index in [1.54, 1.807) is 16.7 Å². The van der Waals surface area contributed by atoms with E-state index in [1.165, 1.54) is 5.56 Å². The van der Waals surface area contributed by atoms with Crippen LogP contribution in [0.3, 0.4) is 0 Å². The van der Waals surface area contributed by atoms with Gasteiger partial charge in [-0.1, -0.05) is 47.2 Å². The summed E-state index contributed by atoms with van der Waals surface area (Å²) < 4.78 is 13.0. The van der Waals surface area contributed by atoms with Crippen molar-refractivity contribution in [1.29, 1.82) is 0 Å². The van der Waals surface area contributed by atoms with Gasteiger partial charge in [-0.15, -0.1) is 5.10 Å². The lowest BCUT2D eigenvalue weighted by molar-refractivity contribution is -0.126. The molecule has 1 atom stereocenters. The summed E-state index contributed by atoms with van der Waals surface area (Å²) in [5, 5.41) is 11.5. The van der Waals surface area contributed by atoms with Crippen LogP contribution in [0.1, 0.15) is 51.8 Å². The van der Waals surface area contributed by atoms with Gasteiger partial charge in [-0.05, 0) is 43.0 Å². The molecule has 1 saturated heterocycles. The van der Waals surface area contributed by atoms with Gasteiger partial charge in [0.1, 0.15) is 11.9 Å². The molecule has 3 heterocycles. The molecule has 0 spiro atoms. The van der Waals surface area contributed by atoms with Gasteiger partial charge in [0.15, 0.2) is 5.69 Å². The molecule has 9 heteroatoms. The van der Waals surface area contributed by atoms with Crippen molar-refractivity contribution in [3.8, 4) is 5.75 Å². The Balaban J connectivity index is 1.15. The number of ether oxygens (including phenoxy) is 2. The molecule has 2 amide bonds. The number of fused-ring (bicyclic) bond motifs is 1. The van der Waals surface area contributed by atoms with Gasteiger partial charge in [0.05, 0.1) is 26.0 Å². The minimum absolute atomic E-state index is 0.0441. The van der Waals surface area contributed by atoms with Crippen molar-refractivity contribution >= 4 is 11.8 Å². The summed E-state index contributed by atoms with van der Waals surface area (Å²) in [5.74, 6) is 0.585. The predicted octanol–water partition coefficient (Wildman–Crippen LogP) is 3.04. The van der Waals surface area contributed by atoms with Gasteiger partial charge >= 0.3 is 0 Å². The van der Waals surface area contributed by atoms with Crippen LogP contribution in [0.2, 0.25) is 0 Å². The monoisotopic (exact) mass is 489 g/mol. The summed E-state index contributed by atoms with van der Waals surface area (Å²) in [6, 6.07) is 15.9. The number of nitrogens with zero attached hydrogens (tertiary/aromatic N) is 4. The number of carbonyl (C=O) groups excluding carboxylic acids is 2. The summed E-state index contributed by atoms with van der Waals surface area (Å²) in [4.78, 5) is 27.7. The lowest BCUT2D eigenvalue weighted by Crippen LogP contribution is -2.43. The van der Waals surface area contributed by atoms with Crippen molar-refractivity contribution in [2.24, 2.45) is 5.92 Å². The Morgan fingerprint density at radius 1 is 1.14 bits per heavy atom. The number of methoxy groups -OCH3 is 1. The molecule has 9 nitrogen and oxygen atoms in total. The van der Waals surface area contributed by atoms with Gasteiger partial charge in [0, 0.05) is 25.6 Å². The molecule has 188 valence electrons. The van der Waals surface area contributed by atoms with Crippen molar-refractivity contribution in [3.05, 3.63) is 76.6 Å². The highest BCUT2D eigenvalue weighted by Crippen LogP contribution is 2.29. The fourth-order valence-electron chi connectivity index (χ4n) is 4.85. The van der Waals surface area contributed by atoms with Crippen LogP contribution in [0.15, 0.2) is 48.5 Å². The number of piperidine rings is 1. The zero-order chi connectivity index (χ0) is 25.1. The Morgan fingerprint density at radius 2 is 1.92 bits per heavy atom. The van der Waals surface area contributed by atoms with E-state index >= 15 is 0 Å². The number of likely N-dealkylation sites (tertiary alicyclic amines) is 1. The summed E-state index contributed by atoms with van der Waals surface area (Å²) in [6.45, 7) is 4.35. The maximum atomic E-state index is 13.2. The van der Waals surface area contributed by atoms with E-state index in [9.17, 15) is 9.59 Å². The van der Waals surface area contributed by atoms with Crippen molar-refractivity contribution < 1.29 is 19.1 Å². The van der Waals surface area contributed by atoms with Gasteiger partial charge in [-0.3, -0.25) is 9.59 Å². The zero-order valence-corrected chi connectivity index (χ0v) is 20.6. The molecule has 1 fully saturated rings. The average Bonchev–Trinajstić information content (AvgIpc) is 3.35. The second-order valence-electron chi connectivity index (χ2n) is 9.41. The summed E-state index contributed by atoms with van der Waals surface area (Å²) in [7, 11) is 1.64. The Hall–Kier alpha value is -3.72. The Morgan fingerprint density at radius 3 is 2.64 bits per heavy atom. The Kier molecular flexibility index (Phi) is 6.99. The van der Waals surface area contributed by atoms with E-state index in [0.29, 0.717) is 50.4 Å². The van der Waals surface area contributed by atoms with Gasteiger partial charge in [-0.2, -0.15) is 0 Å². The molecule has 0 bridgehead atoms. The van der Waals surface area contributed by atoms with E-state index < -0.39 is 0 Å². The third-order valence-electron chi connectivity index (χ3n) is 6.99. The minimum Gasteiger partial charge on any atom is -0.497 e. The van der Waals surface area contributed by atoms with Gasteiger partial charge in [0.2, 0.25) is 5.91 Å². The number of rotatable bonds is 6. The van der Waals surface area contributed by atoms with E-state index in [2.05, 4.69) is 21.7 Å². The lowest BCUT2D eigenvalue weighted by Gasteiger charge is -2.31. The molecular weight excluding hydrogens is 458 g/mol. The van der Waals surface area contributed by atoms with Crippen LogP contribution < -0.4 is 10.1 Å². The fourth-order valence-corrected chi connectivity index (χ4v) is 4.85. The topological polar surface area (TPSA) is 98.6 Å². The molecule has 2 aliphatic rings. The average molecular weight is 490 g/mol. The normalized spacial score (nSPS) is 17.9. The highest BCUT2D eigenvalue weighted by molar-refractivity contribution is 5.93. The Labute approximate surface area is 210 Å². The fraction of sp³-hybridized carbons (Fsp3) is 0.407. The van der Waals surface area contributed by atoms with Crippen molar-refractivity contribution in [3.63, 3.8) is 0 Å². The third kappa shape index (κ3) is 5.11. The molecule has 0 unspecified atom stereocenters. The molecule has 5 rings (SSSR count). The smallest absolute Gasteiger partial charge is 0.276 e. The Bertz CT molecular complexity index is 1230. The van der Waals surface area contributed by atoms with E-state index in [4.69, 9.17) is 9.47 Å². The first kappa shape index (κ1) is 24.0. The summed E-state index contributed by atoms with van der Waals surface area (Å²) >= 11 is 0. The standard InChI is InChI=1S/C27H31N5O4/c1-18-4-3-5-19(14-18)15-28-26(33)21-10-12-31(13-11-21)27(34)25-23-17-36-24(16-32(23)30-29-25)20-6-8-22(35-2)9-7-20/h3-9,14,21,24H,10-13,15-17H2,1-2H3,(H,28,33)/t24-/m1/s1. The van der Waals surface area contributed by atoms with Crippen molar-refractivity contribution in [1.82, 2.24) is 25.2 Å². The van der Waals surface area contributed by atoms with Crippen LogP contribution in [-0.2, 0) is 29.2 Å². The molecule has 0 aliphatic carbocycles. The first-order valence-electron chi connectivity index (χ1n) is 12.3. The second kappa shape index (κ2) is 10.5. The largest absolute Gasteiger partial charge is 0.497 e. The summed E-state index contributed by atoms with van der Waals surface area (Å²) in [5.41, 5.74) is 4.32. The number of hydrogen-bond donors (Lipinski definition) is 1. The second-order valence-corrected chi connectivity index (χ2v) is 9.41. The summed E-state index contributed by atoms with van der Waals surface area (Å²) in [6.07, 6.45) is 1.10. The number of aromatic nitrogens is 3. The number of carbonyl (C=O) groups is 2. The van der Waals surface area contributed by atoms with Crippen LogP contribution in [0.4, 0.5) is 0 Å². The maximum Gasteiger partial charge on any atom is 0.276 e. The molecule has 1 N–H and O–H groups in total. The van der Waals surface area contributed by atoms with Crippen LogP contribution in [0, 0.1) is 12.8 Å². The first-order valence-corrected chi connectivity index (χ1v) is 12.3. The van der Waals surface area contributed by atoms with Gasteiger partial charge in [0.25, 0.3) is 5.91 Å². The molecule has 36 heavy (non-hydrogen) atoms. The lowest BCUT2D eigenvalue weighted by atomic mass is 9.95. The van der Waals surface area contributed by atoms with E-state index in [0.717, 1.165) is 16.9 Å². The van der Waals surface area contributed by atoms with Crippen molar-refractivity contribution in [2.75, 3.05) is 20.2 Å². The minimum atomic E-state index is -0.165. The quantitative estimate of drug-likeness (QED) is 0.572. The number of nitrogens with one attached hydrogen (secondary N) is 1. The third-order valence-corrected chi connectivity index (χ3v) is 6.99. The van der Waals surface area contributed by atoms with Crippen LogP contribution >= 0.6 is 0 Å². The van der Waals surface area contributed by atoms with Gasteiger partial charge < -0.3 is 19.7 Å². The molecule has 3 aromatic rings. The molecule has 2 aliphatic heterocycles. The highest BCUT2D eigenvalue weighted by Gasteiger charge is 2.33. The number of hydrogen-bond acceptors (Lipinski definition) is 6. The van der Waals surface area contributed by atoms with Crippen LogP contribution in [0.25, 0.3) is 0 Å². The number of amides is 2. The molecular formula is C27H31N5O4. The van der Waals surface area contributed by atoms with E-state index in [1.807, 2.05) is 49.4 Å². The maximum absolute atomic E-state index is 13.2. The zero-order valence-electron chi connectivity index (χ0n) is 20.6. The number of benzene rings is 2. The van der Waals surface area contributed by atoms with Gasteiger partial charge in [-0.25, -0.2) is 4.68 Å². The van der Waals surface area contributed by atoms with Crippen molar-refractivity contribution in [2.45, 2.75) is 45.6 Å².